The fraction of sp³-hybridized carbons (Fsp3) is 0.167. The summed E-state index contributed by atoms with van der Waals surface area (Å²) in [5, 5.41) is 10.1. The average molecular weight is 358 g/mol. The topological polar surface area (TPSA) is 46.0 Å². The predicted octanol–water partition coefficient (Wildman–Crippen LogP) is 3.28. The lowest BCUT2D eigenvalue weighted by Gasteiger charge is -2.10. The molecule has 5 heteroatoms. The first-order chi connectivity index (χ1) is 8.15. The van der Waals surface area contributed by atoms with Crippen molar-refractivity contribution in [2.24, 2.45) is 0 Å². The van der Waals surface area contributed by atoms with Crippen LogP contribution >= 0.6 is 31.9 Å². The normalized spacial score (nSPS) is 12.4. The number of aliphatic hydroxyl groups excluding tert-OH is 1. The van der Waals surface area contributed by atoms with Crippen molar-refractivity contribution >= 4 is 31.9 Å². The van der Waals surface area contributed by atoms with Crippen molar-refractivity contribution in [1.82, 2.24) is 9.97 Å². The first kappa shape index (κ1) is 12.7. The number of pyridine rings is 2. The maximum Gasteiger partial charge on any atom is 0.0860 e. The predicted molar refractivity (Wildman–Crippen MR) is 72.5 cm³/mol. The van der Waals surface area contributed by atoms with Gasteiger partial charge in [-0.25, -0.2) is 0 Å². The van der Waals surface area contributed by atoms with E-state index in [1.807, 2.05) is 18.2 Å². The van der Waals surface area contributed by atoms with Crippen LogP contribution in [-0.4, -0.2) is 15.1 Å². The van der Waals surface area contributed by atoms with Gasteiger partial charge in [0.2, 0.25) is 0 Å². The van der Waals surface area contributed by atoms with E-state index in [9.17, 15) is 5.11 Å². The molecule has 0 aromatic carbocycles. The fourth-order valence-corrected chi connectivity index (χ4v) is 2.07. The van der Waals surface area contributed by atoms with E-state index >= 15 is 0 Å². The van der Waals surface area contributed by atoms with Gasteiger partial charge < -0.3 is 5.11 Å². The molecule has 0 fully saturated rings. The summed E-state index contributed by atoms with van der Waals surface area (Å²) in [5.74, 6) is 0. The summed E-state index contributed by atoms with van der Waals surface area (Å²) in [4.78, 5) is 8.25. The molecule has 1 N–H and O–H groups in total. The molecule has 0 aliphatic carbocycles. The molecule has 0 radical (unpaired) electrons. The van der Waals surface area contributed by atoms with E-state index in [0.29, 0.717) is 6.42 Å². The molecule has 0 saturated carbocycles. The second-order valence-electron chi connectivity index (χ2n) is 3.62. The van der Waals surface area contributed by atoms with Crippen LogP contribution in [0, 0.1) is 0 Å². The lowest BCUT2D eigenvalue weighted by Crippen LogP contribution is -2.03. The first-order valence-corrected chi connectivity index (χ1v) is 6.62. The summed E-state index contributed by atoms with van der Waals surface area (Å²) in [6, 6.07) is 5.66. The van der Waals surface area contributed by atoms with E-state index in [-0.39, 0.29) is 0 Å². The Labute approximate surface area is 116 Å². The van der Waals surface area contributed by atoms with Gasteiger partial charge in [-0.15, -0.1) is 0 Å². The zero-order chi connectivity index (χ0) is 12.3. The van der Waals surface area contributed by atoms with Gasteiger partial charge in [0.05, 0.1) is 6.10 Å². The molecule has 17 heavy (non-hydrogen) atoms. The van der Waals surface area contributed by atoms with Crippen LogP contribution in [0.25, 0.3) is 0 Å². The molecule has 0 bridgehead atoms. The van der Waals surface area contributed by atoms with Crippen LogP contribution in [0.4, 0.5) is 0 Å². The summed E-state index contributed by atoms with van der Waals surface area (Å²) in [5.41, 5.74) is 1.63. The Kier molecular flexibility index (Phi) is 4.25. The maximum absolute atomic E-state index is 10.1. The molecular weight excluding hydrogens is 348 g/mol. The lowest BCUT2D eigenvalue weighted by molar-refractivity contribution is 0.176. The highest BCUT2D eigenvalue weighted by atomic mass is 79.9. The zero-order valence-corrected chi connectivity index (χ0v) is 12.0. The second-order valence-corrected chi connectivity index (χ2v) is 5.46. The molecule has 0 spiro atoms. The molecule has 0 amide bonds. The third-order valence-corrected chi connectivity index (χ3v) is 3.20. The van der Waals surface area contributed by atoms with Gasteiger partial charge >= 0.3 is 0 Å². The second kappa shape index (κ2) is 5.71. The quantitative estimate of drug-likeness (QED) is 0.916. The molecule has 88 valence electrons. The number of hydrogen-bond acceptors (Lipinski definition) is 3. The van der Waals surface area contributed by atoms with Crippen molar-refractivity contribution in [3.8, 4) is 0 Å². The molecule has 0 aliphatic heterocycles. The molecule has 2 aromatic rings. The van der Waals surface area contributed by atoms with Crippen LogP contribution in [0.15, 0.2) is 45.7 Å². The van der Waals surface area contributed by atoms with Crippen molar-refractivity contribution in [3.63, 3.8) is 0 Å². The van der Waals surface area contributed by atoms with Gasteiger partial charge in [-0.3, -0.25) is 9.97 Å². The summed E-state index contributed by atoms with van der Waals surface area (Å²) in [6.07, 6.45) is 4.96. The van der Waals surface area contributed by atoms with Crippen LogP contribution in [0.1, 0.15) is 17.4 Å². The van der Waals surface area contributed by atoms with E-state index in [2.05, 4.69) is 41.8 Å². The van der Waals surface area contributed by atoms with Crippen molar-refractivity contribution in [1.29, 1.82) is 0 Å². The van der Waals surface area contributed by atoms with Gasteiger partial charge in [0, 0.05) is 45.2 Å². The highest BCUT2D eigenvalue weighted by molar-refractivity contribution is 9.10. The van der Waals surface area contributed by atoms with E-state index in [4.69, 9.17) is 0 Å². The molecule has 0 saturated heterocycles. The minimum absolute atomic E-state index is 0.478. The summed E-state index contributed by atoms with van der Waals surface area (Å²) >= 11 is 6.65. The number of nitrogens with zero attached hydrogens (tertiary/aromatic N) is 2. The number of hydrogen-bond donors (Lipinski definition) is 1. The smallest absolute Gasteiger partial charge is 0.0860 e. The highest BCUT2D eigenvalue weighted by Gasteiger charge is 2.10. The highest BCUT2D eigenvalue weighted by Crippen LogP contribution is 2.20. The number of halogens is 2. The summed E-state index contributed by atoms with van der Waals surface area (Å²) in [6.45, 7) is 0. The Hall–Kier alpha value is -0.780. The Bertz CT molecular complexity index is 502. The van der Waals surface area contributed by atoms with Crippen molar-refractivity contribution in [2.45, 2.75) is 12.5 Å². The van der Waals surface area contributed by atoms with Gasteiger partial charge in [0.25, 0.3) is 0 Å². The molecule has 2 rings (SSSR count). The first-order valence-electron chi connectivity index (χ1n) is 5.04. The Morgan fingerprint density at radius 3 is 2.59 bits per heavy atom. The largest absolute Gasteiger partial charge is 0.388 e. The van der Waals surface area contributed by atoms with Crippen LogP contribution in [0.2, 0.25) is 0 Å². The van der Waals surface area contributed by atoms with Gasteiger partial charge in [0.15, 0.2) is 0 Å². The average Bonchev–Trinajstić information content (AvgIpc) is 2.32. The Balaban J connectivity index is 2.11. The molecule has 0 aliphatic rings. The third kappa shape index (κ3) is 3.59. The van der Waals surface area contributed by atoms with Gasteiger partial charge in [0.1, 0.15) is 0 Å². The minimum atomic E-state index is -0.589. The number of aliphatic hydroxyl groups is 1. The molecule has 2 heterocycles. The van der Waals surface area contributed by atoms with Gasteiger partial charge in [-0.1, -0.05) is 0 Å². The third-order valence-electron chi connectivity index (χ3n) is 2.30. The Morgan fingerprint density at radius 1 is 1.12 bits per heavy atom. The standard InChI is InChI=1S/C12H10Br2N2O/c13-9-1-2-11(16-7-9)4-12(17)8-3-10(14)6-15-5-8/h1-3,5-7,12,17H,4H2. The molecule has 1 atom stereocenters. The van der Waals surface area contributed by atoms with Crippen LogP contribution in [0.5, 0.6) is 0 Å². The fourth-order valence-electron chi connectivity index (χ4n) is 1.45. The van der Waals surface area contributed by atoms with Gasteiger partial charge in [-0.05, 0) is 50.1 Å². The SMILES string of the molecule is OC(Cc1ccc(Br)cn1)c1cncc(Br)c1. The molecule has 2 aromatic heterocycles. The molecule has 3 nitrogen and oxygen atoms in total. The van der Waals surface area contributed by atoms with E-state index in [1.54, 1.807) is 18.6 Å². The minimum Gasteiger partial charge on any atom is -0.388 e. The monoisotopic (exact) mass is 356 g/mol. The van der Waals surface area contributed by atoms with Crippen LogP contribution in [-0.2, 0) is 6.42 Å². The molecule has 1 unspecified atom stereocenters. The maximum atomic E-state index is 10.1. The lowest BCUT2D eigenvalue weighted by atomic mass is 10.1. The number of aromatic nitrogens is 2. The van der Waals surface area contributed by atoms with Crippen molar-refractivity contribution < 1.29 is 5.11 Å². The summed E-state index contributed by atoms with van der Waals surface area (Å²) in [7, 11) is 0. The van der Waals surface area contributed by atoms with E-state index < -0.39 is 6.10 Å². The zero-order valence-electron chi connectivity index (χ0n) is 8.85. The van der Waals surface area contributed by atoms with E-state index in [1.165, 1.54) is 0 Å². The summed E-state index contributed by atoms with van der Waals surface area (Å²) < 4.78 is 1.79. The van der Waals surface area contributed by atoms with Gasteiger partial charge in [-0.2, -0.15) is 0 Å². The van der Waals surface area contributed by atoms with E-state index in [0.717, 1.165) is 20.2 Å². The van der Waals surface area contributed by atoms with Crippen LogP contribution < -0.4 is 0 Å². The Morgan fingerprint density at radius 2 is 1.94 bits per heavy atom. The van der Waals surface area contributed by atoms with Crippen LogP contribution in [0.3, 0.4) is 0 Å². The van der Waals surface area contributed by atoms with Crippen molar-refractivity contribution in [2.75, 3.05) is 0 Å². The molecular formula is C12H10Br2N2O. The van der Waals surface area contributed by atoms with Crippen molar-refractivity contribution in [3.05, 3.63) is 57.0 Å². The number of rotatable bonds is 3.